The number of benzene rings is 2. The molecule has 1 unspecified atom stereocenters. The average molecular weight is 486 g/mol. The summed E-state index contributed by atoms with van der Waals surface area (Å²) in [7, 11) is 1.61. The van der Waals surface area contributed by atoms with E-state index in [2.05, 4.69) is 29.4 Å². The Balaban J connectivity index is 1.68. The Hall–Kier alpha value is -3.60. The molecule has 0 saturated carbocycles. The number of carbonyl (C=O) groups excluding carboxylic acids is 1. The molecule has 0 spiro atoms. The third-order valence-electron chi connectivity index (χ3n) is 4.70. The van der Waals surface area contributed by atoms with E-state index in [0.29, 0.717) is 34.9 Å². The Morgan fingerprint density at radius 2 is 1.85 bits per heavy atom. The van der Waals surface area contributed by atoms with Crippen LogP contribution >= 0.6 is 11.8 Å². The number of nitro groups is 1. The second-order valence-corrected chi connectivity index (χ2v) is 8.87. The molecule has 1 amide bonds. The van der Waals surface area contributed by atoms with Crippen LogP contribution in [0.2, 0.25) is 0 Å². The number of methoxy groups -OCH3 is 1. The van der Waals surface area contributed by atoms with Gasteiger partial charge in [-0.3, -0.25) is 14.9 Å². The Labute approximate surface area is 201 Å². The second kappa shape index (κ2) is 11.5. The van der Waals surface area contributed by atoms with E-state index in [-0.39, 0.29) is 23.5 Å². The SMILES string of the molecule is COc1ccc(OC(C)c2nnc(SCC(=O)Nc3cccc([N+](=O)[O-])c3)n2CC(C)C)cc1. The zero-order valence-corrected chi connectivity index (χ0v) is 20.2. The number of nitrogens with one attached hydrogen (secondary N) is 1. The van der Waals surface area contributed by atoms with Crippen molar-refractivity contribution in [3.63, 3.8) is 0 Å². The van der Waals surface area contributed by atoms with Gasteiger partial charge in [-0.1, -0.05) is 31.7 Å². The molecule has 1 heterocycles. The fraction of sp³-hybridized carbons (Fsp3) is 0.348. The number of thioether (sulfide) groups is 1. The molecule has 1 aromatic heterocycles. The van der Waals surface area contributed by atoms with E-state index in [4.69, 9.17) is 9.47 Å². The van der Waals surface area contributed by atoms with Gasteiger partial charge in [0, 0.05) is 24.4 Å². The van der Waals surface area contributed by atoms with Crippen LogP contribution in [0.3, 0.4) is 0 Å². The van der Waals surface area contributed by atoms with Crippen molar-refractivity contribution >= 4 is 29.0 Å². The van der Waals surface area contributed by atoms with Crippen LogP contribution in [-0.2, 0) is 11.3 Å². The molecule has 3 aromatic rings. The Morgan fingerprint density at radius 3 is 2.50 bits per heavy atom. The Bertz CT molecular complexity index is 1130. The van der Waals surface area contributed by atoms with Crippen LogP contribution in [0.5, 0.6) is 11.5 Å². The zero-order valence-electron chi connectivity index (χ0n) is 19.4. The third kappa shape index (κ3) is 6.70. The molecule has 180 valence electrons. The first-order valence-electron chi connectivity index (χ1n) is 10.7. The first-order chi connectivity index (χ1) is 16.3. The zero-order chi connectivity index (χ0) is 24.7. The molecular formula is C23H27N5O5S. The summed E-state index contributed by atoms with van der Waals surface area (Å²) in [5.74, 6) is 2.18. The van der Waals surface area contributed by atoms with E-state index < -0.39 is 4.92 Å². The van der Waals surface area contributed by atoms with Gasteiger partial charge in [-0.15, -0.1) is 10.2 Å². The summed E-state index contributed by atoms with van der Waals surface area (Å²) in [5.41, 5.74) is 0.281. The van der Waals surface area contributed by atoms with Crippen LogP contribution in [-0.4, -0.2) is 38.5 Å². The van der Waals surface area contributed by atoms with Gasteiger partial charge in [0.05, 0.1) is 17.8 Å². The van der Waals surface area contributed by atoms with Gasteiger partial charge in [0.25, 0.3) is 5.69 Å². The van der Waals surface area contributed by atoms with Gasteiger partial charge in [-0.05, 0) is 43.2 Å². The van der Waals surface area contributed by atoms with Gasteiger partial charge in [-0.2, -0.15) is 0 Å². The molecule has 2 aromatic carbocycles. The molecule has 0 aliphatic rings. The van der Waals surface area contributed by atoms with Gasteiger partial charge < -0.3 is 19.4 Å². The number of aromatic nitrogens is 3. The van der Waals surface area contributed by atoms with Crippen LogP contribution in [0.1, 0.15) is 32.7 Å². The van der Waals surface area contributed by atoms with E-state index in [9.17, 15) is 14.9 Å². The highest BCUT2D eigenvalue weighted by Gasteiger charge is 2.21. The maximum atomic E-state index is 12.4. The standard InChI is InChI=1S/C23H27N5O5S/c1-15(2)13-27-22(16(3)33-20-10-8-19(32-4)9-11-20)25-26-23(27)34-14-21(29)24-17-6-5-7-18(12-17)28(30)31/h5-12,15-16H,13-14H2,1-4H3,(H,24,29). The largest absolute Gasteiger partial charge is 0.497 e. The number of ether oxygens (including phenoxy) is 2. The summed E-state index contributed by atoms with van der Waals surface area (Å²) >= 11 is 1.25. The molecule has 0 bridgehead atoms. The predicted molar refractivity (Wildman–Crippen MR) is 129 cm³/mol. The van der Waals surface area contributed by atoms with Crippen LogP contribution in [0.4, 0.5) is 11.4 Å². The number of nitrogens with zero attached hydrogens (tertiary/aromatic N) is 4. The monoisotopic (exact) mass is 485 g/mol. The number of amides is 1. The van der Waals surface area contributed by atoms with Gasteiger partial charge in [0.1, 0.15) is 11.5 Å². The highest BCUT2D eigenvalue weighted by atomic mass is 32.2. The predicted octanol–water partition coefficient (Wildman–Crippen LogP) is 4.72. The number of hydrogen-bond acceptors (Lipinski definition) is 8. The lowest BCUT2D eigenvalue weighted by atomic mass is 10.2. The van der Waals surface area contributed by atoms with Crippen LogP contribution in [0.25, 0.3) is 0 Å². The van der Waals surface area contributed by atoms with Crippen molar-refractivity contribution in [3.8, 4) is 11.5 Å². The van der Waals surface area contributed by atoms with Gasteiger partial charge in [-0.25, -0.2) is 0 Å². The smallest absolute Gasteiger partial charge is 0.271 e. The van der Waals surface area contributed by atoms with Crippen molar-refractivity contribution in [1.82, 2.24) is 14.8 Å². The molecule has 10 nitrogen and oxygen atoms in total. The fourth-order valence-corrected chi connectivity index (χ4v) is 3.93. The number of carbonyl (C=O) groups is 1. The number of anilines is 1. The summed E-state index contributed by atoms with van der Waals surface area (Å²) < 4.78 is 13.2. The van der Waals surface area contributed by atoms with Crippen LogP contribution in [0.15, 0.2) is 53.7 Å². The molecule has 0 aliphatic carbocycles. The summed E-state index contributed by atoms with van der Waals surface area (Å²) in [6.45, 7) is 6.73. The molecule has 0 fully saturated rings. The summed E-state index contributed by atoms with van der Waals surface area (Å²) in [5, 5.41) is 22.8. The highest BCUT2D eigenvalue weighted by Crippen LogP contribution is 2.27. The lowest BCUT2D eigenvalue weighted by Crippen LogP contribution is -2.17. The van der Waals surface area contributed by atoms with E-state index in [1.165, 1.54) is 30.0 Å². The van der Waals surface area contributed by atoms with Crippen LogP contribution in [0, 0.1) is 16.0 Å². The lowest BCUT2D eigenvalue weighted by molar-refractivity contribution is -0.384. The van der Waals surface area contributed by atoms with Gasteiger partial charge >= 0.3 is 0 Å². The first kappa shape index (κ1) is 25.0. The van der Waals surface area contributed by atoms with Crippen molar-refractivity contribution in [2.24, 2.45) is 5.92 Å². The topological polar surface area (TPSA) is 121 Å². The van der Waals surface area contributed by atoms with Gasteiger partial charge in [0.15, 0.2) is 17.1 Å². The van der Waals surface area contributed by atoms with Crippen molar-refractivity contribution in [2.45, 2.75) is 38.6 Å². The minimum atomic E-state index is -0.504. The maximum Gasteiger partial charge on any atom is 0.271 e. The second-order valence-electron chi connectivity index (χ2n) is 7.93. The van der Waals surface area contributed by atoms with E-state index >= 15 is 0 Å². The number of non-ortho nitro benzene ring substituents is 1. The molecular weight excluding hydrogens is 458 g/mol. The maximum absolute atomic E-state index is 12.4. The molecule has 0 radical (unpaired) electrons. The van der Waals surface area contributed by atoms with Gasteiger partial charge in [0.2, 0.25) is 5.91 Å². The number of nitro benzene ring substituents is 1. The molecule has 3 rings (SSSR count). The van der Waals surface area contributed by atoms with E-state index in [1.807, 2.05) is 35.8 Å². The molecule has 34 heavy (non-hydrogen) atoms. The van der Waals surface area contributed by atoms with Crippen molar-refractivity contribution in [1.29, 1.82) is 0 Å². The van der Waals surface area contributed by atoms with Crippen molar-refractivity contribution in [2.75, 3.05) is 18.2 Å². The molecule has 1 atom stereocenters. The molecule has 1 N–H and O–H groups in total. The van der Waals surface area contributed by atoms with Crippen molar-refractivity contribution in [3.05, 3.63) is 64.5 Å². The quantitative estimate of drug-likeness (QED) is 0.235. The summed E-state index contributed by atoms with van der Waals surface area (Å²) in [4.78, 5) is 22.9. The Kier molecular flexibility index (Phi) is 8.47. The molecule has 11 heteroatoms. The molecule has 0 saturated heterocycles. The number of hydrogen-bond donors (Lipinski definition) is 1. The lowest BCUT2D eigenvalue weighted by Gasteiger charge is -2.18. The minimum Gasteiger partial charge on any atom is -0.497 e. The fourth-order valence-electron chi connectivity index (χ4n) is 3.18. The van der Waals surface area contributed by atoms with E-state index in [1.54, 1.807) is 13.2 Å². The first-order valence-corrected chi connectivity index (χ1v) is 11.7. The number of rotatable bonds is 11. The van der Waals surface area contributed by atoms with Crippen molar-refractivity contribution < 1.29 is 19.2 Å². The van der Waals surface area contributed by atoms with Crippen LogP contribution < -0.4 is 14.8 Å². The summed E-state index contributed by atoms with van der Waals surface area (Å²) in [6, 6.07) is 13.1. The summed E-state index contributed by atoms with van der Waals surface area (Å²) in [6.07, 6.45) is -0.368. The third-order valence-corrected chi connectivity index (χ3v) is 5.67. The van der Waals surface area contributed by atoms with E-state index in [0.717, 1.165) is 5.75 Å². The average Bonchev–Trinajstić information content (AvgIpc) is 3.20. The normalized spacial score (nSPS) is 11.8. The highest BCUT2D eigenvalue weighted by molar-refractivity contribution is 7.99. The molecule has 0 aliphatic heterocycles. The minimum absolute atomic E-state index is 0.0760. The Morgan fingerprint density at radius 1 is 1.15 bits per heavy atom.